The van der Waals surface area contributed by atoms with Crippen molar-refractivity contribution in [3.8, 4) is 0 Å². The summed E-state index contributed by atoms with van der Waals surface area (Å²) in [7, 11) is 0. The first-order valence-corrected chi connectivity index (χ1v) is 6.90. The van der Waals surface area contributed by atoms with E-state index in [-0.39, 0.29) is 0 Å². The Morgan fingerprint density at radius 1 is 0.500 bits per heavy atom. The number of hydrogen-bond donors (Lipinski definition) is 3. The van der Waals surface area contributed by atoms with Crippen molar-refractivity contribution in [3.63, 3.8) is 0 Å². The predicted molar refractivity (Wildman–Crippen MR) is 65.6 cm³/mol. The van der Waals surface area contributed by atoms with Gasteiger partial charge in [0, 0.05) is 18.1 Å². The molecule has 0 amide bonds. The lowest BCUT2D eigenvalue weighted by Crippen LogP contribution is -2.53. The topological polar surface area (TPSA) is 78.1 Å². The van der Waals surface area contributed by atoms with E-state index in [4.69, 9.17) is 17.2 Å². The van der Waals surface area contributed by atoms with Crippen molar-refractivity contribution >= 4 is 0 Å². The second-order valence-corrected chi connectivity index (χ2v) is 6.55. The quantitative estimate of drug-likeness (QED) is 0.569. The summed E-state index contributed by atoms with van der Waals surface area (Å²) in [5, 5.41) is 0. The van der Waals surface area contributed by atoms with Crippen molar-refractivity contribution in [1.82, 2.24) is 0 Å². The zero-order chi connectivity index (χ0) is 11.3. The second-order valence-electron chi connectivity index (χ2n) is 6.55. The van der Waals surface area contributed by atoms with E-state index in [0.29, 0.717) is 18.1 Å². The van der Waals surface area contributed by atoms with Gasteiger partial charge in [-0.2, -0.15) is 0 Å². The molecule has 0 aromatic carbocycles. The molecule has 0 radical (unpaired) electrons. The molecular weight excluding hydrogens is 198 g/mol. The van der Waals surface area contributed by atoms with E-state index < -0.39 is 0 Å². The molecule has 3 rings (SSSR count). The second kappa shape index (κ2) is 3.97. The third-order valence-electron chi connectivity index (χ3n) is 5.27. The van der Waals surface area contributed by atoms with Crippen molar-refractivity contribution in [2.45, 2.75) is 56.7 Å². The molecule has 0 heterocycles. The van der Waals surface area contributed by atoms with Gasteiger partial charge >= 0.3 is 0 Å². The van der Waals surface area contributed by atoms with Gasteiger partial charge in [0.2, 0.25) is 0 Å². The van der Waals surface area contributed by atoms with E-state index >= 15 is 0 Å². The molecular formula is C13H25N3. The summed E-state index contributed by atoms with van der Waals surface area (Å²) in [5.41, 5.74) is 18.6. The lowest BCUT2D eigenvalue weighted by Gasteiger charge is -2.53. The molecule has 0 saturated heterocycles. The predicted octanol–water partition coefficient (Wildman–Crippen LogP) is 0.814. The molecule has 0 atom stereocenters. The van der Waals surface area contributed by atoms with Gasteiger partial charge in [0.1, 0.15) is 0 Å². The Kier molecular flexibility index (Phi) is 2.73. The first kappa shape index (κ1) is 11.0. The Hall–Kier alpha value is -0.120. The minimum atomic E-state index is 0.405. The highest BCUT2D eigenvalue weighted by atomic mass is 14.7. The fourth-order valence-corrected chi connectivity index (χ4v) is 5.01. The average molecular weight is 223 g/mol. The number of hydrogen-bond acceptors (Lipinski definition) is 3. The molecule has 92 valence electrons. The fraction of sp³-hybridized carbons (Fsp3) is 1.00. The van der Waals surface area contributed by atoms with Gasteiger partial charge in [-0.05, 0) is 62.2 Å². The average Bonchev–Trinajstić information content (AvgIpc) is 2.14. The number of nitrogens with two attached hydrogens (primary N) is 3. The van der Waals surface area contributed by atoms with Crippen LogP contribution in [0.25, 0.3) is 0 Å². The summed E-state index contributed by atoms with van der Waals surface area (Å²) in [6, 6.07) is 1.22. The molecule has 3 aliphatic rings. The Morgan fingerprint density at radius 2 is 0.750 bits per heavy atom. The highest BCUT2D eigenvalue weighted by Gasteiger charge is 2.47. The SMILES string of the molecule is NC1CC2CC(N)CC3CC(N)CC(C1)C23. The van der Waals surface area contributed by atoms with Gasteiger partial charge in [0.25, 0.3) is 0 Å². The molecule has 0 aromatic heterocycles. The van der Waals surface area contributed by atoms with Crippen LogP contribution in [0.4, 0.5) is 0 Å². The van der Waals surface area contributed by atoms with Crippen LogP contribution in [0.2, 0.25) is 0 Å². The van der Waals surface area contributed by atoms with Gasteiger partial charge in [-0.3, -0.25) is 0 Å². The maximum atomic E-state index is 6.19. The zero-order valence-corrected chi connectivity index (χ0v) is 10.0. The van der Waals surface area contributed by atoms with Gasteiger partial charge in [-0.25, -0.2) is 0 Å². The van der Waals surface area contributed by atoms with Crippen LogP contribution >= 0.6 is 0 Å². The summed E-state index contributed by atoms with van der Waals surface area (Å²) in [5.74, 6) is 3.30. The summed E-state index contributed by atoms with van der Waals surface area (Å²) in [6.45, 7) is 0. The summed E-state index contributed by atoms with van der Waals surface area (Å²) in [4.78, 5) is 0. The van der Waals surface area contributed by atoms with Crippen LogP contribution < -0.4 is 17.2 Å². The lowest BCUT2D eigenvalue weighted by atomic mass is 9.54. The van der Waals surface area contributed by atoms with E-state index in [9.17, 15) is 0 Å². The molecule has 3 nitrogen and oxygen atoms in total. The van der Waals surface area contributed by atoms with Crippen molar-refractivity contribution in [2.75, 3.05) is 0 Å². The molecule has 0 aliphatic heterocycles. The van der Waals surface area contributed by atoms with Crippen LogP contribution in [0, 0.1) is 23.7 Å². The summed E-state index contributed by atoms with van der Waals surface area (Å²) < 4.78 is 0. The number of rotatable bonds is 0. The van der Waals surface area contributed by atoms with Crippen LogP contribution in [0.5, 0.6) is 0 Å². The first-order chi connectivity index (χ1) is 7.63. The Labute approximate surface area is 98.1 Å². The standard InChI is InChI=1S/C13H25N3/c14-10-1-7-2-11(15)5-9-6-12(16)4-8(3-10)13(7)9/h7-13H,1-6,14-16H2. The van der Waals surface area contributed by atoms with Crippen molar-refractivity contribution in [3.05, 3.63) is 0 Å². The Bertz CT molecular complexity index is 207. The minimum absolute atomic E-state index is 0.405. The molecule has 3 heteroatoms. The smallest absolute Gasteiger partial charge is 0.00443 e. The van der Waals surface area contributed by atoms with Crippen molar-refractivity contribution in [2.24, 2.45) is 40.9 Å². The fourth-order valence-electron chi connectivity index (χ4n) is 5.01. The van der Waals surface area contributed by atoms with Gasteiger partial charge < -0.3 is 17.2 Å². The minimum Gasteiger partial charge on any atom is -0.328 e. The zero-order valence-electron chi connectivity index (χ0n) is 10.0. The third kappa shape index (κ3) is 1.79. The van der Waals surface area contributed by atoms with Crippen LogP contribution in [-0.2, 0) is 0 Å². The molecule has 0 bridgehead atoms. The largest absolute Gasteiger partial charge is 0.328 e. The molecule has 3 saturated carbocycles. The molecule has 0 spiro atoms. The van der Waals surface area contributed by atoms with Gasteiger partial charge in [0.15, 0.2) is 0 Å². The maximum absolute atomic E-state index is 6.19. The monoisotopic (exact) mass is 223 g/mol. The first-order valence-electron chi connectivity index (χ1n) is 6.90. The van der Waals surface area contributed by atoms with E-state index in [0.717, 1.165) is 23.7 Å². The van der Waals surface area contributed by atoms with E-state index in [1.807, 2.05) is 0 Å². The third-order valence-corrected chi connectivity index (χ3v) is 5.27. The Balaban J connectivity index is 1.83. The van der Waals surface area contributed by atoms with E-state index in [2.05, 4.69) is 0 Å². The molecule has 3 fully saturated rings. The van der Waals surface area contributed by atoms with Crippen LogP contribution in [0.1, 0.15) is 38.5 Å². The van der Waals surface area contributed by atoms with E-state index in [1.165, 1.54) is 38.5 Å². The van der Waals surface area contributed by atoms with Crippen LogP contribution in [0.15, 0.2) is 0 Å². The van der Waals surface area contributed by atoms with Crippen LogP contribution in [0.3, 0.4) is 0 Å². The van der Waals surface area contributed by atoms with Gasteiger partial charge in [0.05, 0.1) is 0 Å². The summed E-state index contributed by atoms with van der Waals surface area (Å²) in [6.07, 6.45) is 7.25. The highest BCUT2D eigenvalue weighted by Crippen LogP contribution is 2.51. The van der Waals surface area contributed by atoms with Crippen LogP contribution in [-0.4, -0.2) is 18.1 Å². The van der Waals surface area contributed by atoms with Crippen molar-refractivity contribution < 1.29 is 0 Å². The molecule has 6 N–H and O–H groups in total. The highest BCUT2D eigenvalue weighted by molar-refractivity contribution is 5.01. The lowest BCUT2D eigenvalue weighted by molar-refractivity contribution is -0.00905. The molecule has 16 heavy (non-hydrogen) atoms. The molecule has 3 aliphatic carbocycles. The van der Waals surface area contributed by atoms with Gasteiger partial charge in [-0.15, -0.1) is 0 Å². The maximum Gasteiger partial charge on any atom is 0.00443 e. The van der Waals surface area contributed by atoms with Crippen molar-refractivity contribution in [1.29, 1.82) is 0 Å². The molecule has 0 unspecified atom stereocenters. The normalized spacial score (nSPS) is 56.8. The van der Waals surface area contributed by atoms with E-state index in [1.54, 1.807) is 0 Å². The molecule has 0 aromatic rings. The Morgan fingerprint density at radius 3 is 1.00 bits per heavy atom. The van der Waals surface area contributed by atoms with Gasteiger partial charge in [-0.1, -0.05) is 0 Å². The summed E-state index contributed by atoms with van der Waals surface area (Å²) >= 11 is 0.